The molecule has 0 aliphatic rings. The number of nitro groups is 1. The van der Waals surface area contributed by atoms with Gasteiger partial charge >= 0.3 is 0 Å². The number of carbonyl (C=O) groups is 1. The second-order valence-electron chi connectivity index (χ2n) is 5.65. The Morgan fingerprint density at radius 2 is 2.00 bits per heavy atom. The molecule has 0 aliphatic heterocycles. The smallest absolute Gasteiger partial charge is 0.270 e. The number of non-ortho nitro benzene ring substituents is 1. The van der Waals surface area contributed by atoms with E-state index in [0.717, 1.165) is 0 Å². The molecule has 132 valence electrons. The number of aromatic amines is 1. The molecule has 0 saturated heterocycles. The molecule has 1 amide bonds. The number of hydrogen-bond acceptors (Lipinski definition) is 5. The van der Waals surface area contributed by atoms with E-state index >= 15 is 0 Å². The Kier molecular flexibility index (Phi) is 4.68. The fraction of sp³-hybridized carbons (Fsp3) is 0.118. The van der Waals surface area contributed by atoms with Crippen molar-refractivity contribution in [2.45, 2.75) is 13.8 Å². The lowest BCUT2D eigenvalue weighted by atomic mass is 10.1. The van der Waals surface area contributed by atoms with E-state index in [1.807, 2.05) is 0 Å². The molecule has 0 aliphatic carbocycles. The third-order valence-corrected chi connectivity index (χ3v) is 4.05. The van der Waals surface area contributed by atoms with E-state index in [4.69, 9.17) is 11.6 Å². The van der Waals surface area contributed by atoms with Crippen LogP contribution in [0.5, 0.6) is 0 Å². The number of nitrogens with one attached hydrogen (secondary N) is 2. The maximum Gasteiger partial charge on any atom is 0.270 e. The van der Waals surface area contributed by atoms with Crippen LogP contribution in [-0.2, 0) is 0 Å². The molecule has 0 saturated carbocycles. The molecule has 0 atom stereocenters. The van der Waals surface area contributed by atoms with E-state index in [-0.39, 0.29) is 11.3 Å². The first-order valence-corrected chi connectivity index (χ1v) is 7.98. The largest absolute Gasteiger partial charge is 0.322 e. The molecule has 0 fully saturated rings. The number of benzene rings is 2. The van der Waals surface area contributed by atoms with Crippen molar-refractivity contribution in [1.82, 2.24) is 15.2 Å². The molecule has 3 aromatic rings. The Morgan fingerprint density at radius 3 is 2.62 bits per heavy atom. The molecule has 0 radical (unpaired) electrons. The number of hydrogen-bond donors (Lipinski definition) is 2. The van der Waals surface area contributed by atoms with Crippen molar-refractivity contribution in [3.05, 3.63) is 68.5 Å². The minimum absolute atomic E-state index is 0.144. The molecule has 26 heavy (non-hydrogen) atoms. The van der Waals surface area contributed by atoms with Crippen LogP contribution in [0.1, 0.15) is 21.7 Å². The van der Waals surface area contributed by atoms with Gasteiger partial charge in [0.1, 0.15) is 5.82 Å². The zero-order valence-electron chi connectivity index (χ0n) is 13.9. The fourth-order valence-electron chi connectivity index (χ4n) is 2.40. The average molecular weight is 372 g/mol. The number of aromatic nitrogens is 3. The minimum Gasteiger partial charge on any atom is -0.322 e. The van der Waals surface area contributed by atoms with E-state index in [1.54, 1.807) is 32.0 Å². The van der Waals surface area contributed by atoms with Crippen LogP contribution < -0.4 is 5.32 Å². The lowest BCUT2D eigenvalue weighted by molar-refractivity contribution is -0.384. The quantitative estimate of drug-likeness (QED) is 0.533. The van der Waals surface area contributed by atoms with Crippen LogP contribution in [0.2, 0.25) is 5.02 Å². The molecule has 0 bridgehead atoms. The van der Waals surface area contributed by atoms with Crippen LogP contribution in [0.15, 0.2) is 36.4 Å². The van der Waals surface area contributed by atoms with E-state index < -0.39 is 10.8 Å². The van der Waals surface area contributed by atoms with Crippen LogP contribution in [-0.4, -0.2) is 26.0 Å². The average Bonchev–Trinajstić information content (AvgIpc) is 3.01. The fourth-order valence-corrected chi connectivity index (χ4v) is 2.67. The molecule has 2 aromatic carbocycles. The number of nitrogens with zero attached hydrogens (tertiary/aromatic N) is 3. The third kappa shape index (κ3) is 3.55. The minimum atomic E-state index is -0.541. The summed E-state index contributed by atoms with van der Waals surface area (Å²) in [6.45, 7) is 3.49. The summed E-state index contributed by atoms with van der Waals surface area (Å²) in [6.07, 6.45) is 0. The van der Waals surface area contributed by atoms with Gasteiger partial charge < -0.3 is 5.32 Å². The highest BCUT2D eigenvalue weighted by Gasteiger charge is 2.16. The van der Waals surface area contributed by atoms with Gasteiger partial charge in [0.05, 0.1) is 9.95 Å². The highest BCUT2D eigenvalue weighted by Crippen LogP contribution is 2.28. The molecule has 1 aromatic heterocycles. The number of rotatable bonds is 4. The summed E-state index contributed by atoms with van der Waals surface area (Å²) in [6, 6.07) is 9.08. The molecule has 8 nitrogen and oxygen atoms in total. The monoisotopic (exact) mass is 371 g/mol. The highest BCUT2D eigenvalue weighted by molar-refractivity contribution is 6.33. The van der Waals surface area contributed by atoms with Gasteiger partial charge in [-0.3, -0.25) is 20.0 Å². The molecular weight excluding hydrogens is 358 g/mol. The Bertz CT molecular complexity index is 1020. The number of aryl methyl sites for hydroxylation is 2. The number of H-pyrrole nitrogens is 1. The van der Waals surface area contributed by atoms with Crippen LogP contribution in [0, 0.1) is 24.0 Å². The van der Waals surface area contributed by atoms with E-state index in [0.29, 0.717) is 33.5 Å². The van der Waals surface area contributed by atoms with Crippen molar-refractivity contribution in [2.24, 2.45) is 0 Å². The van der Waals surface area contributed by atoms with Gasteiger partial charge in [-0.05, 0) is 37.6 Å². The molecule has 9 heteroatoms. The van der Waals surface area contributed by atoms with Gasteiger partial charge in [0.2, 0.25) is 0 Å². The van der Waals surface area contributed by atoms with Gasteiger partial charge in [0.25, 0.3) is 11.6 Å². The molecule has 0 spiro atoms. The molecule has 1 heterocycles. The van der Waals surface area contributed by atoms with Crippen molar-refractivity contribution in [2.75, 3.05) is 5.32 Å². The van der Waals surface area contributed by atoms with Gasteiger partial charge in [-0.25, -0.2) is 4.98 Å². The summed E-state index contributed by atoms with van der Waals surface area (Å²) in [7, 11) is 0. The first-order chi connectivity index (χ1) is 12.3. The van der Waals surface area contributed by atoms with Crippen molar-refractivity contribution < 1.29 is 9.72 Å². The van der Waals surface area contributed by atoms with Gasteiger partial charge in [0.15, 0.2) is 5.82 Å². The number of anilines is 1. The maximum atomic E-state index is 12.5. The van der Waals surface area contributed by atoms with E-state index in [1.165, 1.54) is 18.2 Å². The Labute approximate surface area is 153 Å². The summed E-state index contributed by atoms with van der Waals surface area (Å²) in [5.74, 6) is 0.665. The Balaban J connectivity index is 1.85. The second-order valence-corrected chi connectivity index (χ2v) is 6.06. The SMILES string of the molecule is Cc1nc(-c2ccc(NC(=O)c3cc([N+](=O)[O-])ccc3C)cc2Cl)n[nH]1. The predicted molar refractivity (Wildman–Crippen MR) is 97.4 cm³/mol. The van der Waals surface area contributed by atoms with Gasteiger partial charge in [0, 0.05) is 28.9 Å². The summed E-state index contributed by atoms with van der Waals surface area (Å²) in [4.78, 5) is 27.1. The molecule has 3 rings (SSSR count). The highest BCUT2D eigenvalue weighted by atomic mass is 35.5. The van der Waals surface area contributed by atoms with Crippen molar-refractivity contribution in [3.63, 3.8) is 0 Å². The number of carbonyl (C=O) groups excluding carboxylic acids is 1. The van der Waals surface area contributed by atoms with Gasteiger partial charge in [-0.2, -0.15) is 5.10 Å². The number of nitro benzene ring substituents is 1. The summed E-state index contributed by atoms with van der Waals surface area (Å²) in [5.41, 5.74) is 1.80. The Hall–Kier alpha value is -3.26. The number of amides is 1. The summed E-state index contributed by atoms with van der Waals surface area (Å²) in [5, 5.41) is 20.8. The standard InChI is InChI=1S/C17H14ClN5O3/c1-9-3-5-12(23(25)26)8-14(9)17(24)20-11-4-6-13(15(18)7-11)16-19-10(2)21-22-16/h3-8H,1-2H3,(H,20,24)(H,19,21,22). The lowest BCUT2D eigenvalue weighted by Gasteiger charge is -2.09. The normalized spacial score (nSPS) is 10.6. The van der Waals surface area contributed by atoms with Crippen molar-refractivity contribution in [1.29, 1.82) is 0 Å². The van der Waals surface area contributed by atoms with Crippen LogP contribution in [0.3, 0.4) is 0 Å². The summed E-state index contributed by atoms with van der Waals surface area (Å²) >= 11 is 6.27. The van der Waals surface area contributed by atoms with E-state index in [9.17, 15) is 14.9 Å². The molecule has 2 N–H and O–H groups in total. The lowest BCUT2D eigenvalue weighted by Crippen LogP contribution is -2.13. The Morgan fingerprint density at radius 1 is 1.23 bits per heavy atom. The first-order valence-electron chi connectivity index (χ1n) is 7.60. The second kappa shape index (κ2) is 6.93. The molecular formula is C17H14ClN5O3. The van der Waals surface area contributed by atoms with Gasteiger partial charge in [-0.1, -0.05) is 17.7 Å². The molecule has 0 unspecified atom stereocenters. The zero-order chi connectivity index (χ0) is 18.8. The van der Waals surface area contributed by atoms with Crippen LogP contribution in [0.4, 0.5) is 11.4 Å². The first kappa shape index (κ1) is 17.6. The zero-order valence-corrected chi connectivity index (χ0v) is 14.7. The van der Waals surface area contributed by atoms with Gasteiger partial charge in [-0.15, -0.1) is 0 Å². The maximum absolute atomic E-state index is 12.5. The van der Waals surface area contributed by atoms with Crippen LogP contribution in [0.25, 0.3) is 11.4 Å². The van der Waals surface area contributed by atoms with E-state index in [2.05, 4.69) is 20.5 Å². The van der Waals surface area contributed by atoms with Crippen LogP contribution >= 0.6 is 11.6 Å². The van der Waals surface area contributed by atoms with Crippen molar-refractivity contribution in [3.8, 4) is 11.4 Å². The van der Waals surface area contributed by atoms with Crippen molar-refractivity contribution >= 4 is 28.9 Å². The summed E-state index contributed by atoms with van der Waals surface area (Å²) < 4.78 is 0. The topological polar surface area (TPSA) is 114 Å². The third-order valence-electron chi connectivity index (χ3n) is 3.74. The number of halogens is 1. The predicted octanol–water partition coefficient (Wildman–Crippen LogP) is 3.90.